The zero-order valence-electron chi connectivity index (χ0n) is 22.1. The number of benzene rings is 3. The lowest BCUT2D eigenvalue weighted by Gasteiger charge is -2.38. The number of anilines is 2. The second-order valence-electron chi connectivity index (χ2n) is 9.89. The van der Waals surface area contributed by atoms with Gasteiger partial charge in [0.2, 0.25) is 0 Å². The highest BCUT2D eigenvalue weighted by Gasteiger charge is 2.34. The number of carbonyl (C=O) groups excluding carboxylic acids is 2. The third kappa shape index (κ3) is 4.52. The number of carbonyl (C=O) groups is 2. The van der Waals surface area contributed by atoms with Gasteiger partial charge >= 0.3 is 11.9 Å². The van der Waals surface area contributed by atoms with Gasteiger partial charge in [0.1, 0.15) is 11.5 Å². The van der Waals surface area contributed by atoms with Crippen molar-refractivity contribution in [2.24, 2.45) is 0 Å². The van der Waals surface area contributed by atoms with Crippen molar-refractivity contribution >= 4 is 29.4 Å². The molecule has 1 unspecified atom stereocenters. The number of hydrogen-bond acceptors (Lipinski definition) is 5. The molecule has 3 aromatic carbocycles. The van der Waals surface area contributed by atoms with E-state index in [1.54, 1.807) is 31.2 Å². The van der Waals surface area contributed by atoms with Crippen LogP contribution in [0.5, 0.6) is 11.5 Å². The van der Waals surface area contributed by atoms with Gasteiger partial charge in [-0.25, -0.2) is 9.59 Å². The first-order valence-electron chi connectivity index (χ1n) is 13.1. The van der Waals surface area contributed by atoms with Crippen molar-refractivity contribution in [1.82, 2.24) is 0 Å². The predicted octanol–water partition coefficient (Wildman–Crippen LogP) is 7.51. The third-order valence-electron chi connectivity index (χ3n) is 7.27. The van der Waals surface area contributed by atoms with Gasteiger partial charge in [-0.05, 0) is 95.8 Å². The van der Waals surface area contributed by atoms with E-state index in [0.29, 0.717) is 17.1 Å². The van der Waals surface area contributed by atoms with Crippen LogP contribution in [0.4, 0.5) is 11.4 Å². The number of hydrogen-bond donors (Lipinski definition) is 0. The molecule has 0 heterocycles. The highest BCUT2D eigenvalue weighted by Crippen LogP contribution is 2.49. The monoisotopic (exact) mass is 525 g/mol. The summed E-state index contributed by atoms with van der Waals surface area (Å²) in [6.07, 6.45) is 13.2. The average Bonchev–Trinajstić information content (AvgIpc) is 2.98. The largest absolute Gasteiger partial charge is 0.423 e. The van der Waals surface area contributed by atoms with E-state index in [1.165, 1.54) is 27.8 Å². The van der Waals surface area contributed by atoms with Crippen LogP contribution >= 0.6 is 0 Å². The smallest absolute Gasteiger partial charge is 0.338 e. The molecule has 5 heteroatoms. The van der Waals surface area contributed by atoms with Crippen molar-refractivity contribution < 1.29 is 19.1 Å². The summed E-state index contributed by atoms with van der Waals surface area (Å²) in [6.45, 7) is 8.74. The van der Waals surface area contributed by atoms with E-state index in [1.807, 2.05) is 24.3 Å². The van der Waals surface area contributed by atoms with E-state index in [9.17, 15) is 9.59 Å². The molecule has 3 aliphatic rings. The molecule has 3 aliphatic carbocycles. The molecule has 0 radical (unpaired) electrons. The molecule has 0 N–H and O–H groups in total. The van der Waals surface area contributed by atoms with Crippen LogP contribution in [0.15, 0.2) is 133 Å². The van der Waals surface area contributed by atoms with Crippen molar-refractivity contribution in [2.75, 3.05) is 4.90 Å². The van der Waals surface area contributed by atoms with E-state index in [-0.39, 0.29) is 5.92 Å². The van der Waals surface area contributed by atoms with Gasteiger partial charge in [-0.3, -0.25) is 0 Å². The normalized spacial score (nSPS) is 16.0. The number of ether oxygens (including phenoxy) is 2. The van der Waals surface area contributed by atoms with Gasteiger partial charge in [0.05, 0.1) is 5.70 Å². The van der Waals surface area contributed by atoms with Gasteiger partial charge in [-0.1, -0.05) is 55.7 Å². The molecule has 0 bridgehead atoms. The lowest BCUT2D eigenvalue weighted by molar-refractivity contribution is -0.130. The van der Waals surface area contributed by atoms with Crippen molar-refractivity contribution in [3.05, 3.63) is 149 Å². The number of nitrogens with zero attached hydrogens (tertiary/aromatic N) is 1. The Kier molecular flexibility index (Phi) is 6.40. The maximum Gasteiger partial charge on any atom is 0.338 e. The maximum atomic E-state index is 12.0. The Morgan fingerprint density at radius 3 is 2.20 bits per heavy atom. The molecule has 1 atom stereocenters. The molecule has 0 spiro atoms. The molecule has 3 aromatic rings. The van der Waals surface area contributed by atoms with Crippen LogP contribution in [0.25, 0.3) is 6.08 Å². The maximum absolute atomic E-state index is 12.0. The van der Waals surface area contributed by atoms with Crippen molar-refractivity contribution in [3.63, 3.8) is 0 Å². The summed E-state index contributed by atoms with van der Waals surface area (Å²) in [5, 5.41) is 0. The predicted molar refractivity (Wildman–Crippen MR) is 157 cm³/mol. The van der Waals surface area contributed by atoms with Crippen LogP contribution in [-0.2, 0) is 16.0 Å². The summed E-state index contributed by atoms with van der Waals surface area (Å²) in [5.74, 6) is 0.0435. The van der Waals surface area contributed by atoms with Gasteiger partial charge in [-0.15, -0.1) is 0 Å². The second kappa shape index (κ2) is 10.2. The standard InChI is InChI=1S/C35H27NO4/c1-4-32(37)39-28-16-12-26(13-17-28)36(27-14-18-29(19-15-27)40-35(38)22(2)3)31-21-11-25-9-8-23-6-5-7-24-10-20-30(31)34(25)33(23)24/h4-7,9-21,34H,1-2,8H2,3H3. The fourth-order valence-corrected chi connectivity index (χ4v) is 5.41. The molecular weight excluding hydrogens is 498 g/mol. The van der Waals surface area contributed by atoms with E-state index in [0.717, 1.165) is 29.6 Å². The zero-order valence-corrected chi connectivity index (χ0v) is 22.1. The Bertz CT molecular complexity index is 1680. The molecule has 0 aromatic heterocycles. The molecule has 0 aliphatic heterocycles. The molecule has 0 fully saturated rings. The van der Waals surface area contributed by atoms with Gasteiger partial charge in [0, 0.05) is 28.9 Å². The van der Waals surface area contributed by atoms with Crippen LogP contribution < -0.4 is 14.4 Å². The fourth-order valence-electron chi connectivity index (χ4n) is 5.41. The minimum atomic E-state index is -0.511. The molecule has 0 saturated carbocycles. The first kappa shape index (κ1) is 25.1. The Hall–Kier alpha value is -5.16. The molecule has 5 nitrogen and oxygen atoms in total. The van der Waals surface area contributed by atoms with Gasteiger partial charge in [-0.2, -0.15) is 0 Å². The van der Waals surface area contributed by atoms with Crippen LogP contribution in [0.2, 0.25) is 0 Å². The Labute approximate surface area is 233 Å². The van der Waals surface area contributed by atoms with E-state index in [4.69, 9.17) is 9.47 Å². The fraction of sp³-hybridized carbons (Fsp3) is 0.0857. The Balaban J connectivity index is 1.46. The topological polar surface area (TPSA) is 55.8 Å². The van der Waals surface area contributed by atoms with Crippen molar-refractivity contribution in [2.45, 2.75) is 19.3 Å². The van der Waals surface area contributed by atoms with Gasteiger partial charge in [0.15, 0.2) is 0 Å². The molecule has 40 heavy (non-hydrogen) atoms. The summed E-state index contributed by atoms with van der Waals surface area (Å²) >= 11 is 0. The SMILES string of the molecule is C=CC(=O)Oc1ccc(N(C2=C3C=Cc4cccc5c4C3C(=CC5)C=C2)c2ccc(OC(=O)C(=C)C)cc2)cc1. The van der Waals surface area contributed by atoms with Crippen LogP contribution in [0, 0.1) is 0 Å². The highest BCUT2D eigenvalue weighted by atomic mass is 16.5. The quantitative estimate of drug-likeness (QED) is 0.181. The summed E-state index contributed by atoms with van der Waals surface area (Å²) < 4.78 is 10.7. The Morgan fingerprint density at radius 1 is 0.875 bits per heavy atom. The van der Waals surface area contributed by atoms with E-state index < -0.39 is 11.9 Å². The van der Waals surface area contributed by atoms with Crippen molar-refractivity contribution in [3.8, 4) is 11.5 Å². The first-order valence-corrected chi connectivity index (χ1v) is 13.1. The van der Waals surface area contributed by atoms with Crippen molar-refractivity contribution in [1.29, 1.82) is 0 Å². The molecule has 0 saturated heterocycles. The first-order chi connectivity index (χ1) is 19.4. The zero-order chi connectivity index (χ0) is 27.8. The highest BCUT2D eigenvalue weighted by molar-refractivity contribution is 5.89. The number of esters is 2. The molecule has 6 rings (SSSR count). The second-order valence-corrected chi connectivity index (χ2v) is 9.89. The minimum absolute atomic E-state index is 0.149. The minimum Gasteiger partial charge on any atom is -0.423 e. The molecular formula is C35H27NO4. The van der Waals surface area contributed by atoms with E-state index >= 15 is 0 Å². The third-order valence-corrected chi connectivity index (χ3v) is 7.27. The summed E-state index contributed by atoms with van der Waals surface area (Å²) in [6, 6.07) is 21.3. The lowest BCUT2D eigenvalue weighted by atomic mass is 9.70. The summed E-state index contributed by atoms with van der Waals surface area (Å²) in [7, 11) is 0. The van der Waals surface area contributed by atoms with Crippen LogP contribution in [0.3, 0.4) is 0 Å². The van der Waals surface area contributed by atoms with Gasteiger partial charge < -0.3 is 14.4 Å². The number of allylic oxidation sites excluding steroid dienone is 6. The summed E-state index contributed by atoms with van der Waals surface area (Å²) in [4.78, 5) is 25.9. The van der Waals surface area contributed by atoms with Crippen LogP contribution in [-0.4, -0.2) is 11.9 Å². The van der Waals surface area contributed by atoms with E-state index in [2.05, 4.69) is 66.6 Å². The Morgan fingerprint density at radius 2 is 1.55 bits per heavy atom. The van der Waals surface area contributed by atoms with Crippen LogP contribution in [0.1, 0.15) is 29.5 Å². The average molecular weight is 526 g/mol. The number of rotatable bonds is 7. The summed E-state index contributed by atoms with van der Waals surface area (Å²) in [5.41, 5.74) is 9.62. The molecule has 196 valence electrons. The lowest BCUT2D eigenvalue weighted by Crippen LogP contribution is -2.25. The van der Waals surface area contributed by atoms with Gasteiger partial charge in [0.25, 0.3) is 0 Å². The molecule has 0 amide bonds.